The van der Waals surface area contributed by atoms with E-state index in [1.165, 1.54) is 28.4 Å². The van der Waals surface area contributed by atoms with Crippen LogP contribution in [0.3, 0.4) is 0 Å². The second-order valence-electron chi connectivity index (χ2n) is 9.98. The van der Waals surface area contributed by atoms with Crippen LogP contribution >= 0.6 is 11.6 Å². The Morgan fingerprint density at radius 2 is 1.87 bits per heavy atom. The Morgan fingerprint density at radius 3 is 2.71 bits per heavy atom. The molecule has 4 aromatic carbocycles. The Labute approximate surface area is 227 Å². The Balaban J connectivity index is 1.20. The van der Waals surface area contributed by atoms with E-state index in [-0.39, 0.29) is 18.5 Å². The molecule has 1 aliphatic heterocycles. The number of hydrogen-bond acceptors (Lipinski definition) is 3. The van der Waals surface area contributed by atoms with E-state index in [9.17, 15) is 4.39 Å². The normalized spacial score (nSPS) is 19.7. The standard InChI is InChI=1S/C33H28ClFN2O/c1-21-9-15-31-29(17-21)27-6-4-7-28(27)33(37-31)22-10-13-26(14-11-22)36-19-24-18-25(34)12-16-32(24)38-20-23-5-2-3-8-30(23)35/h2-6,8-19,27-28,33,37H,7,20H2,1H3/t27-,28+,33-/m1/s1. The first-order valence-corrected chi connectivity index (χ1v) is 13.3. The van der Waals surface area contributed by atoms with Crippen LogP contribution in [0.25, 0.3) is 0 Å². The number of nitrogens with zero attached hydrogens (tertiary/aromatic N) is 1. The van der Waals surface area contributed by atoms with Gasteiger partial charge >= 0.3 is 0 Å². The van der Waals surface area contributed by atoms with Crippen LogP contribution in [-0.4, -0.2) is 6.21 Å². The molecule has 0 unspecified atom stereocenters. The molecule has 0 fully saturated rings. The van der Waals surface area contributed by atoms with Crippen molar-refractivity contribution in [3.8, 4) is 5.75 Å². The number of anilines is 1. The molecule has 38 heavy (non-hydrogen) atoms. The summed E-state index contributed by atoms with van der Waals surface area (Å²) in [6.45, 7) is 2.28. The van der Waals surface area contributed by atoms with E-state index in [0.29, 0.717) is 28.2 Å². The van der Waals surface area contributed by atoms with Gasteiger partial charge in [-0.2, -0.15) is 0 Å². The molecule has 0 spiro atoms. The molecule has 0 aromatic heterocycles. The van der Waals surface area contributed by atoms with Crippen molar-refractivity contribution in [2.24, 2.45) is 10.9 Å². The van der Waals surface area contributed by atoms with Crippen molar-refractivity contribution in [1.82, 2.24) is 0 Å². The molecule has 1 heterocycles. The van der Waals surface area contributed by atoms with Crippen LogP contribution in [0.5, 0.6) is 5.75 Å². The van der Waals surface area contributed by atoms with Crippen molar-refractivity contribution in [3.05, 3.63) is 136 Å². The van der Waals surface area contributed by atoms with E-state index >= 15 is 0 Å². The molecular weight excluding hydrogens is 495 g/mol. The fourth-order valence-corrected chi connectivity index (χ4v) is 5.66. The molecule has 4 aromatic rings. The number of nitrogens with one attached hydrogen (secondary N) is 1. The first-order valence-electron chi connectivity index (χ1n) is 12.9. The van der Waals surface area contributed by atoms with E-state index in [1.54, 1.807) is 42.6 Å². The lowest BCUT2D eigenvalue weighted by Gasteiger charge is -2.37. The Bertz CT molecular complexity index is 1530. The molecule has 0 amide bonds. The fourth-order valence-electron chi connectivity index (χ4n) is 5.48. The lowest BCUT2D eigenvalue weighted by Crippen LogP contribution is -2.29. The summed E-state index contributed by atoms with van der Waals surface area (Å²) >= 11 is 6.25. The van der Waals surface area contributed by atoms with Crippen molar-refractivity contribution >= 4 is 29.2 Å². The second-order valence-corrected chi connectivity index (χ2v) is 10.4. The topological polar surface area (TPSA) is 33.6 Å². The van der Waals surface area contributed by atoms with Crippen LogP contribution in [0, 0.1) is 18.7 Å². The largest absolute Gasteiger partial charge is 0.488 e. The lowest BCUT2D eigenvalue weighted by atomic mass is 9.76. The van der Waals surface area contributed by atoms with Gasteiger partial charge in [0.15, 0.2) is 0 Å². The zero-order valence-corrected chi connectivity index (χ0v) is 21.8. The average Bonchev–Trinajstić information content (AvgIpc) is 3.43. The van der Waals surface area contributed by atoms with E-state index in [4.69, 9.17) is 16.3 Å². The average molecular weight is 523 g/mol. The molecule has 0 bridgehead atoms. The lowest BCUT2D eigenvalue weighted by molar-refractivity contribution is 0.299. The third-order valence-corrected chi connectivity index (χ3v) is 7.67. The fraction of sp³-hybridized carbons (Fsp3) is 0.182. The maximum absolute atomic E-state index is 14.0. The van der Waals surface area contributed by atoms with Crippen LogP contribution in [0.2, 0.25) is 5.02 Å². The molecule has 1 aliphatic carbocycles. The number of rotatable bonds is 6. The highest BCUT2D eigenvalue weighted by atomic mass is 35.5. The summed E-state index contributed by atoms with van der Waals surface area (Å²) < 4.78 is 19.9. The van der Waals surface area contributed by atoms with E-state index in [2.05, 4.69) is 59.7 Å². The van der Waals surface area contributed by atoms with Crippen LogP contribution in [0.1, 0.15) is 46.2 Å². The van der Waals surface area contributed by atoms with Crippen molar-refractivity contribution in [2.45, 2.75) is 31.9 Å². The molecule has 0 radical (unpaired) electrons. The summed E-state index contributed by atoms with van der Waals surface area (Å²) in [7, 11) is 0. The van der Waals surface area contributed by atoms with E-state index in [1.807, 2.05) is 12.1 Å². The molecule has 5 heteroatoms. The Morgan fingerprint density at radius 1 is 1.03 bits per heavy atom. The van der Waals surface area contributed by atoms with Gasteiger partial charge in [-0.1, -0.05) is 71.8 Å². The molecule has 190 valence electrons. The Hall–Kier alpha value is -3.89. The van der Waals surface area contributed by atoms with Crippen molar-refractivity contribution in [1.29, 1.82) is 0 Å². The number of benzene rings is 4. The molecule has 3 nitrogen and oxygen atoms in total. The number of halogens is 2. The summed E-state index contributed by atoms with van der Waals surface area (Å²) in [6, 6.07) is 27.3. The number of allylic oxidation sites excluding steroid dienone is 2. The minimum absolute atomic E-state index is 0.123. The maximum Gasteiger partial charge on any atom is 0.129 e. The highest BCUT2D eigenvalue weighted by Gasteiger charge is 2.37. The van der Waals surface area contributed by atoms with Crippen LogP contribution in [0.4, 0.5) is 15.8 Å². The van der Waals surface area contributed by atoms with Crippen LogP contribution in [0.15, 0.2) is 102 Å². The van der Waals surface area contributed by atoms with Gasteiger partial charge in [-0.3, -0.25) is 4.99 Å². The number of hydrogen-bond donors (Lipinski definition) is 1. The number of fused-ring (bicyclic) bond motifs is 3. The van der Waals surface area contributed by atoms with Crippen molar-refractivity contribution in [2.75, 3.05) is 5.32 Å². The van der Waals surface area contributed by atoms with Gasteiger partial charge in [-0.15, -0.1) is 0 Å². The number of aryl methyl sites for hydroxylation is 1. The molecule has 6 rings (SSSR count). The van der Waals surface area contributed by atoms with Crippen LogP contribution < -0.4 is 10.1 Å². The molecular formula is C33H28ClFN2O. The quantitative estimate of drug-likeness (QED) is 0.202. The third-order valence-electron chi connectivity index (χ3n) is 7.44. The first kappa shape index (κ1) is 24.4. The second kappa shape index (κ2) is 10.5. The molecule has 2 aliphatic rings. The highest BCUT2D eigenvalue weighted by Crippen LogP contribution is 2.50. The first-order chi connectivity index (χ1) is 18.5. The van der Waals surface area contributed by atoms with Gasteiger partial charge in [0.25, 0.3) is 0 Å². The highest BCUT2D eigenvalue weighted by molar-refractivity contribution is 6.30. The summed E-state index contributed by atoms with van der Waals surface area (Å²) in [4.78, 5) is 4.68. The van der Waals surface area contributed by atoms with Gasteiger partial charge in [0.05, 0.1) is 11.7 Å². The summed E-state index contributed by atoms with van der Waals surface area (Å²) in [5, 5.41) is 4.38. The minimum atomic E-state index is -0.289. The third kappa shape index (κ3) is 4.97. The zero-order valence-electron chi connectivity index (χ0n) is 21.1. The predicted octanol–water partition coefficient (Wildman–Crippen LogP) is 8.94. The molecule has 0 saturated heterocycles. The Kier molecular flexibility index (Phi) is 6.73. The van der Waals surface area contributed by atoms with Crippen molar-refractivity contribution < 1.29 is 9.13 Å². The predicted molar refractivity (Wildman–Crippen MR) is 153 cm³/mol. The van der Waals surface area contributed by atoms with E-state index < -0.39 is 0 Å². The van der Waals surface area contributed by atoms with Gasteiger partial charge in [0.1, 0.15) is 18.2 Å². The molecule has 0 saturated carbocycles. The molecule has 3 atom stereocenters. The maximum atomic E-state index is 14.0. The monoisotopic (exact) mass is 522 g/mol. The SMILES string of the molecule is Cc1ccc2c(c1)[C@@H]1C=CC[C@@H]1[C@@H](c1ccc(N=Cc3cc(Cl)ccc3OCc3ccccc3F)cc1)N2. The molecule has 1 N–H and O–H groups in total. The van der Waals surface area contributed by atoms with Gasteiger partial charge in [0, 0.05) is 34.0 Å². The van der Waals surface area contributed by atoms with E-state index in [0.717, 1.165) is 17.7 Å². The van der Waals surface area contributed by atoms with Gasteiger partial charge in [-0.25, -0.2) is 4.39 Å². The van der Waals surface area contributed by atoms with Gasteiger partial charge in [-0.05, 0) is 72.9 Å². The zero-order chi connectivity index (χ0) is 26.1. The summed E-state index contributed by atoms with van der Waals surface area (Å²) in [5.41, 5.74) is 7.24. The number of ether oxygens (including phenoxy) is 1. The number of aliphatic imine (C=N–C) groups is 1. The summed E-state index contributed by atoms with van der Waals surface area (Å²) in [6.07, 6.45) is 7.50. The van der Waals surface area contributed by atoms with Crippen LogP contribution in [-0.2, 0) is 6.61 Å². The summed E-state index contributed by atoms with van der Waals surface area (Å²) in [5.74, 6) is 1.25. The van der Waals surface area contributed by atoms with Gasteiger partial charge in [0.2, 0.25) is 0 Å². The van der Waals surface area contributed by atoms with Crippen molar-refractivity contribution in [3.63, 3.8) is 0 Å². The smallest absolute Gasteiger partial charge is 0.129 e. The minimum Gasteiger partial charge on any atom is -0.488 e. The van der Waals surface area contributed by atoms with Gasteiger partial charge < -0.3 is 10.1 Å².